The molecular formula is C20H27N3O3. The molecule has 4 atom stereocenters. The highest BCUT2D eigenvalue weighted by Crippen LogP contribution is 2.62. The molecule has 0 aromatic carbocycles. The Balaban J connectivity index is 1.23. The Morgan fingerprint density at radius 2 is 1.88 bits per heavy atom. The lowest BCUT2D eigenvalue weighted by Gasteiger charge is -2.60. The number of aliphatic hydroxyl groups is 1. The van der Waals surface area contributed by atoms with Gasteiger partial charge in [0.2, 0.25) is 5.91 Å². The monoisotopic (exact) mass is 357 g/mol. The first-order chi connectivity index (χ1) is 12.5. The highest BCUT2D eigenvalue weighted by molar-refractivity contribution is 5.93. The highest BCUT2D eigenvalue weighted by Gasteiger charge is 2.57. The lowest BCUT2D eigenvalue weighted by molar-refractivity contribution is -0.169. The molecule has 1 aromatic heterocycles. The van der Waals surface area contributed by atoms with E-state index in [4.69, 9.17) is 0 Å². The molecule has 4 aliphatic rings. The smallest absolute Gasteiger partial charge is 0.252 e. The van der Waals surface area contributed by atoms with Crippen LogP contribution in [0.2, 0.25) is 0 Å². The Bertz CT molecular complexity index is 677. The molecule has 3 N–H and O–H groups in total. The summed E-state index contributed by atoms with van der Waals surface area (Å²) in [5.41, 5.74) is -0.0233. The third-order valence-corrected chi connectivity index (χ3v) is 6.34. The molecule has 1 heterocycles. The maximum Gasteiger partial charge on any atom is 0.252 e. The van der Waals surface area contributed by atoms with Crippen molar-refractivity contribution in [3.05, 3.63) is 30.1 Å². The van der Waals surface area contributed by atoms with E-state index in [9.17, 15) is 14.7 Å². The summed E-state index contributed by atoms with van der Waals surface area (Å²) in [6.45, 7) is 0.805. The molecule has 6 heteroatoms. The Morgan fingerprint density at radius 1 is 1.15 bits per heavy atom. The number of hydrogen-bond acceptors (Lipinski definition) is 4. The fourth-order valence-electron chi connectivity index (χ4n) is 5.99. The van der Waals surface area contributed by atoms with Crippen molar-refractivity contribution >= 4 is 11.8 Å². The quantitative estimate of drug-likeness (QED) is 0.675. The van der Waals surface area contributed by atoms with Crippen LogP contribution in [0.5, 0.6) is 0 Å². The Kier molecular flexibility index (Phi) is 4.47. The van der Waals surface area contributed by atoms with Gasteiger partial charge in [-0.15, -0.1) is 0 Å². The van der Waals surface area contributed by atoms with E-state index in [1.807, 2.05) is 0 Å². The minimum atomic E-state index is -0.526. The van der Waals surface area contributed by atoms with Crippen LogP contribution in [0.1, 0.15) is 55.3 Å². The summed E-state index contributed by atoms with van der Waals surface area (Å²) in [5.74, 6) is 1.03. The molecule has 0 saturated heterocycles. The summed E-state index contributed by atoms with van der Waals surface area (Å²) in [4.78, 5) is 28.3. The van der Waals surface area contributed by atoms with Crippen LogP contribution >= 0.6 is 0 Å². The predicted molar refractivity (Wildman–Crippen MR) is 96.3 cm³/mol. The van der Waals surface area contributed by atoms with Crippen LogP contribution in [-0.4, -0.2) is 40.6 Å². The lowest BCUT2D eigenvalue weighted by Crippen LogP contribution is -2.56. The predicted octanol–water partition coefficient (Wildman–Crippen LogP) is 1.65. The number of rotatable bonds is 6. The average Bonchev–Trinajstić information content (AvgIpc) is 2.56. The molecule has 2 amide bonds. The number of amides is 2. The van der Waals surface area contributed by atoms with Crippen LogP contribution in [0.3, 0.4) is 0 Å². The van der Waals surface area contributed by atoms with Gasteiger partial charge in [0.15, 0.2) is 0 Å². The Hall–Kier alpha value is -1.95. The maximum absolute atomic E-state index is 12.4. The zero-order valence-electron chi connectivity index (χ0n) is 15.0. The average molecular weight is 357 g/mol. The largest absolute Gasteiger partial charge is 0.390 e. The van der Waals surface area contributed by atoms with Crippen molar-refractivity contribution in [2.24, 2.45) is 17.3 Å². The van der Waals surface area contributed by atoms with Gasteiger partial charge in [0, 0.05) is 31.9 Å². The van der Waals surface area contributed by atoms with Crippen LogP contribution in [0.15, 0.2) is 24.5 Å². The second-order valence-corrected chi connectivity index (χ2v) is 8.71. The third kappa shape index (κ3) is 3.61. The van der Waals surface area contributed by atoms with Crippen molar-refractivity contribution in [3.8, 4) is 0 Å². The first kappa shape index (κ1) is 17.5. The number of hydrogen-bond donors (Lipinski definition) is 3. The molecule has 140 valence electrons. The molecule has 0 spiro atoms. The summed E-state index contributed by atoms with van der Waals surface area (Å²) in [7, 11) is 0. The number of nitrogens with one attached hydrogen (secondary N) is 2. The summed E-state index contributed by atoms with van der Waals surface area (Å²) < 4.78 is 0. The Morgan fingerprint density at radius 3 is 2.54 bits per heavy atom. The van der Waals surface area contributed by atoms with Gasteiger partial charge < -0.3 is 15.7 Å². The zero-order valence-corrected chi connectivity index (χ0v) is 15.0. The van der Waals surface area contributed by atoms with Gasteiger partial charge in [-0.05, 0) is 67.9 Å². The van der Waals surface area contributed by atoms with Crippen molar-refractivity contribution in [3.63, 3.8) is 0 Å². The van der Waals surface area contributed by atoms with E-state index in [0.29, 0.717) is 36.9 Å². The molecule has 4 saturated carbocycles. The van der Waals surface area contributed by atoms with Gasteiger partial charge in [-0.3, -0.25) is 14.6 Å². The number of carbonyl (C=O) groups excluding carboxylic acids is 2. The first-order valence-corrected chi connectivity index (χ1v) is 9.63. The van der Waals surface area contributed by atoms with E-state index < -0.39 is 5.60 Å². The number of nitrogens with zero attached hydrogens (tertiary/aromatic N) is 1. The normalized spacial score (nSPS) is 34.5. The number of pyridine rings is 1. The molecule has 5 rings (SSSR count). The molecule has 4 fully saturated rings. The molecule has 0 aliphatic heterocycles. The SMILES string of the molecule is O=C(CC12C[C@@H]3C[C@@H](CC(O)(C3)C1)C2)NCCNC(=O)c1cccnc1. The fraction of sp³-hybridized carbons (Fsp3) is 0.650. The molecular weight excluding hydrogens is 330 g/mol. The summed E-state index contributed by atoms with van der Waals surface area (Å²) in [6.07, 6.45) is 9.65. The first-order valence-electron chi connectivity index (χ1n) is 9.63. The second kappa shape index (κ2) is 6.65. The second-order valence-electron chi connectivity index (χ2n) is 8.71. The highest BCUT2D eigenvalue weighted by atomic mass is 16.3. The fourth-order valence-corrected chi connectivity index (χ4v) is 5.99. The van der Waals surface area contributed by atoms with Crippen molar-refractivity contribution in [2.45, 2.75) is 50.5 Å². The van der Waals surface area contributed by atoms with Crippen molar-refractivity contribution < 1.29 is 14.7 Å². The van der Waals surface area contributed by atoms with E-state index in [-0.39, 0.29) is 17.2 Å². The Labute approximate surface area is 153 Å². The summed E-state index contributed by atoms with van der Waals surface area (Å²) in [5, 5.41) is 16.5. The molecule has 26 heavy (non-hydrogen) atoms. The van der Waals surface area contributed by atoms with Crippen molar-refractivity contribution in [2.75, 3.05) is 13.1 Å². The van der Waals surface area contributed by atoms with Gasteiger partial charge in [-0.25, -0.2) is 0 Å². The molecule has 4 aliphatic carbocycles. The van der Waals surface area contributed by atoms with Gasteiger partial charge in [0.25, 0.3) is 5.91 Å². The molecule has 6 nitrogen and oxygen atoms in total. The molecule has 4 bridgehead atoms. The lowest BCUT2D eigenvalue weighted by atomic mass is 9.47. The van der Waals surface area contributed by atoms with E-state index in [2.05, 4.69) is 15.6 Å². The number of carbonyl (C=O) groups is 2. The van der Waals surface area contributed by atoms with Crippen LogP contribution in [-0.2, 0) is 4.79 Å². The van der Waals surface area contributed by atoms with Gasteiger partial charge >= 0.3 is 0 Å². The van der Waals surface area contributed by atoms with Crippen LogP contribution < -0.4 is 10.6 Å². The van der Waals surface area contributed by atoms with Gasteiger partial charge in [-0.2, -0.15) is 0 Å². The number of aromatic nitrogens is 1. The summed E-state index contributed by atoms with van der Waals surface area (Å²) >= 11 is 0. The minimum absolute atomic E-state index is 0.0120. The zero-order chi connectivity index (χ0) is 18.2. The maximum atomic E-state index is 12.4. The van der Waals surface area contributed by atoms with Gasteiger partial charge in [0.05, 0.1) is 11.2 Å². The third-order valence-electron chi connectivity index (χ3n) is 6.34. The van der Waals surface area contributed by atoms with Crippen LogP contribution in [0.4, 0.5) is 0 Å². The van der Waals surface area contributed by atoms with Gasteiger partial charge in [0.1, 0.15) is 0 Å². The topological polar surface area (TPSA) is 91.3 Å². The van der Waals surface area contributed by atoms with Crippen LogP contribution in [0, 0.1) is 17.3 Å². The van der Waals surface area contributed by atoms with E-state index >= 15 is 0 Å². The summed E-state index contributed by atoms with van der Waals surface area (Å²) in [6, 6.07) is 3.43. The minimum Gasteiger partial charge on any atom is -0.390 e. The van der Waals surface area contributed by atoms with E-state index in [0.717, 1.165) is 32.1 Å². The molecule has 0 radical (unpaired) electrons. The van der Waals surface area contributed by atoms with Crippen molar-refractivity contribution in [1.82, 2.24) is 15.6 Å². The van der Waals surface area contributed by atoms with E-state index in [1.54, 1.807) is 18.3 Å². The van der Waals surface area contributed by atoms with Crippen molar-refractivity contribution in [1.29, 1.82) is 0 Å². The molecule has 2 unspecified atom stereocenters. The van der Waals surface area contributed by atoms with E-state index in [1.165, 1.54) is 12.6 Å². The molecule has 1 aromatic rings. The standard InChI is InChI=1S/C20H27N3O3/c24-17(22-4-5-23-18(25)16-2-1-3-21-12-16)11-19-7-14-6-15(8-19)10-20(26,9-14)13-19/h1-3,12,14-15,26H,4-11,13H2,(H,22,24)(H,23,25)/t14-,15+,19?,20?. The van der Waals surface area contributed by atoms with Crippen LogP contribution in [0.25, 0.3) is 0 Å². The van der Waals surface area contributed by atoms with Gasteiger partial charge in [-0.1, -0.05) is 0 Å².